The maximum Gasteiger partial charge on any atom is 0.238 e. The van der Waals surface area contributed by atoms with Gasteiger partial charge in [0.05, 0.1) is 12.7 Å². The molecular weight excluding hydrogens is 200 g/mol. The van der Waals surface area contributed by atoms with Gasteiger partial charge in [-0.05, 0) is 25.2 Å². The fourth-order valence-electron chi connectivity index (χ4n) is 2.48. The molecule has 1 aliphatic heterocycles. The second-order valence-electron chi connectivity index (χ2n) is 5.47. The minimum Gasteiger partial charge on any atom is -0.323 e. The lowest BCUT2D eigenvalue weighted by Gasteiger charge is -2.34. The summed E-state index contributed by atoms with van der Waals surface area (Å²) in [6.45, 7) is 11.5. The Bertz CT molecular complexity index is 240. The van der Waals surface area contributed by atoms with Crippen molar-refractivity contribution in [1.82, 2.24) is 10.2 Å². The third kappa shape index (κ3) is 2.97. The molecule has 1 saturated heterocycles. The Morgan fingerprint density at radius 1 is 1.38 bits per heavy atom. The van der Waals surface area contributed by atoms with Gasteiger partial charge in [-0.1, -0.05) is 34.1 Å². The zero-order valence-electron chi connectivity index (χ0n) is 11.3. The summed E-state index contributed by atoms with van der Waals surface area (Å²) in [5.41, 5.74) is 0. The van der Waals surface area contributed by atoms with Gasteiger partial charge in [0.25, 0.3) is 0 Å². The monoisotopic (exact) mass is 226 g/mol. The quantitative estimate of drug-likeness (QED) is 0.779. The van der Waals surface area contributed by atoms with Crippen LogP contribution in [0.25, 0.3) is 0 Å². The molecule has 94 valence electrons. The molecule has 3 atom stereocenters. The van der Waals surface area contributed by atoms with Crippen LogP contribution in [0.15, 0.2) is 0 Å². The molecule has 1 aliphatic rings. The molecule has 1 fully saturated rings. The van der Waals surface area contributed by atoms with Crippen LogP contribution < -0.4 is 5.32 Å². The van der Waals surface area contributed by atoms with Crippen LogP contribution in [0.5, 0.6) is 0 Å². The fraction of sp³-hybridized carbons (Fsp3) is 0.923. The molecule has 0 bridgehead atoms. The molecule has 3 nitrogen and oxygen atoms in total. The van der Waals surface area contributed by atoms with Crippen molar-refractivity contribution >= 4 is 5.91 Å². The number of nitrogens with zero attached hydrogens (tertiary/aromatic N) is 1. The molecule has 0 radical (unpaired) electrons. The Morgan fingerprint density at radius 3 is 2.50 bits per heavy atom. The van der Waals surface area contributed by atoms with Gasteiger partial charge in [-0.2, -0.15) is 0 Å². The molecular formula is C13H26N2O. The van der Waals surface area contributed by atoms with Crippen LogP contribution in [0.3, 0.4) is 0 Å². The number of amides is 1. The Labute approximate surface area is 99.6 Å². The number of hydrogen-bond acceptors (Lipinski definition) is 2. The number of rotatable bonds is 5. The normalized spacial score (nSPS) is 25.2. The maximum absolute atomic E-state index is 11.9. The van der Waals surface area contributed by atoms with E-state index >= 15 is 0 Å². The zero-order chi connectivity index (χ0) is 12.3. The van der Waals surface area contributed by atoms with E-state index in [2.05, 4.69) is 44.8 Å². The van der Waals surface area contributed by atoms with Gasteiger partial charge in [0.15, 0.2) is 0 Å². The highest BCUT2D eigenvalue weighted by Gasteiger charge is 2.35. The minimum atomic E-state index is 0.228. The fourth-order valence-corrected chi connectivity index (χ4v) is 2.48. The van der Waals surface area contributed by atoms with Gasteiger partial charge in [0.1, 0.15) is 0 Å². The molecule has 3 heteroatoms. The van der Waals surface area contributed by atoms with Crippen LogP contribution in [-0.4, -0.2) is 29.6 Å². The molecule has 0 saturated carbocycles. The lowest BCUT2D eigenvalue weighted by molar-refractivity contribution is -0.130. The molecule has 1 amide bonds. The van der Waals surface area contributed by atoms with Crippen LogP contribution in [-0.2, 0) is 4.79 Å². The van der Waals surface area contributed by atoms with E-state index in [0.717, 1.165) is 6.42 Å². The summed E-state index contributed by atoms with van der Waals surface area (Å²) in [5, 5.41) is 3.30. The van der Waals surface area contributed by atoms with Gasteiger partial charge in [0.2, 0.25) is 5.91 Å². The topological polar surface area (TPSA) is 32.3 Å². The number of nitrogens with one attached hydrogen (secondary N) is 1. The van der Waals surface area contributed by atoms with Gasteiger partial charge < -0.3 is 4.90 Å². The van der Waals surface area contributed by atoms with Crippen molar-refractivity contribution in [1.29, 1.82) is 0 Å². The Morgan fingerprint density at radius 2 is 2.00 bits per heavy atom. The first-order valence-corrected chi connectivity index (χ1v) is 6.51. The first-order valence-electron chi connectivity index (χ1n) is 6.51. The highest BCUT2D eigenvalue weighted by atomic mass is 16.2. The van der Waals surface area contributed by atoms with Gasteiger partial charge in [-0.25, -0.2) is 0 Å². The average Bonchev–Trinajstić information content (AvgIpc) is 2.59. The third-order valence-electron chi connectivity index (χ3n) is 3.60. The number of carbonyl (C=O) groups excluding carboxylic acids is 1. The minimum absolute atomic E-state index is 0.228. The lowest BCUT2D eigenvalue weighted by atomic mass is 9.98. The van der Waals surface area contributed by atoms with Crippen molar-refractivity contribution < 1.29 is 4.79 Å². The molecule has 0 aromatic heterocycles. The van der Waals surface area contributed by atoms with E-state index in [9.17, 15) is 4.79 Å². The number of hydrogen-bond donors (Lipinski definition) is 1. The first kappa shape index (κ1) is 13.5. The Balaban J connectivity index is 2.64. The van der Waals surface area contributed by atoms with Crippen LogP contribution >= 0.6 is 0 Å². The molecule has 16 heavy (non-hydrogen) atoms. The summed E-state index contributed by atoms with van der Waals surface area (Å²) in [6.07, 6.45) is 2.52. The summed E-state index contributed by atoms with van der Waals surface area (Å²) in [6, 6.07) is 0.352. The van der Waals surface area contributed by atoms with Gasteiger partial charge in [-0.3, -0.25) is 10.1 Å². The maximum atomic E-state index is 11.9. The first-order chi connectivity index (χ1) is 7.47. The van der Waals surface area contributed by atoms with Crippen LogP contribution in [0.1, 0.15) is 47.5 Å². The molecule has 0 aliphatic carbocycles. The lowest BCUT2D eigenvalue weighted by Crippen LogP contribution is -2.46. The molecule has 1 N–H and O–H groups in total. The van der Waals surface area contributed by atoms with Crippen molar-refractivity contribution in [3.05, 3.63) is 0 Å². The van der Waals surface area contributed by atoms with E-state index in [1.54, 1.807) is 0 Å². The van der Waals surface area contributed by atoms with Crippen LogP contribution in [0, 0.1) is 11.8 Å². The van der Waals surface area contributed by atoms with Crippen molar-refractivity contribution in [3.63, 3.8) is 0 Å². The Hall–Kier alpha value is -0.570. The molecule has 3 unspecified atom stereocenters. The largest absolute Gasteiger partial charge is 0.323 e. The zero-order valence-corrected chi connectivity index (χ0v) is 11.3. The van der Waals surface area contributed by atoms with E-state index in [0.29, 0.717) is 24.4 Å². The summed E-state index contributed by atoms with van der Waals surface area (Å²) in [4.78, 5) is 13.9. The van der Waals surface area contributed by atoms with E-state index in [1.807, 2.05) is 0 Å². The third-order valence-corrected chi connectivity index (χ3v) is 3.60. The van der Waals surface area contributed by atoms with Gasteiger partial charge in [-0.15, -0.1) is 0 Å². The smallest absolute Gasteiger partial charge is 0.238 e. The molecule has 0 spiro atoms. The number of carbonyl (C=O) groups is 1. The average molecular weight is 226 g/mol. The van der Waals surface area contributed by atoms with Crippen molar-refractivity contribution in [3.8, 4) is 0 Å². The highest BCUT2D eigenvalue weighted by molar-refractivity contribution is 5.81. The van der Waals surface area contributed by atoms with E-state index < -0.39 is 0 Å². The molecule has 1 heterocycles. The highest BCUT2D eigenvalue weighted by Crippen LogP contribution is 2.22. The second-order valence-corrected chi connectivity index (χ2v) is 5.47. The van der Waals surface area contributed by atoms with E-state index in [4.69, 9.17) is 0 Å². The Kier molecular flexibility index (Phi) is 4.78. The van der Waals surface area contributed by atoms with Crippen molar-refractivity contribution in [2.24, 2.45) is 11.8 Å². The SMILES string of the molecule is CCC(C)CC(C)N1C(=O)CNC1C(C)C. The summed E-state index contributed by atoms with van der Waals surface area (Å²) in [5.74, 6) is 1.43. The van der Waals surface area contributed by atoms with Gasteiger partial charge in [0, 0.05) is 6.04 Å². The summed E-state index contributed by atoms with van der Waals surface area (Å²) in [7, 11) is 0. The van der Waals surface area contributed by atoms with E-state index in [-0.39, 0.29) is 12.1 Å². The second kappa shape index (κ2) is 5.67. The predicted octanol–water partition coefficient (Wildman–Crippen LogP) is 2.22. The standard InChI is InChI=1S/C13H26N2O/c1-6-10(4)7-11(5)15-12(16)8-14-13(15)9(2)3/h9-11,13-14H,6-8H2,1-5H3. The van der Waals surface area contributed by atoms with E-state index in [1.165, 1.54) is 6.42 Å². The van der Waals surface area contributed by atoms with Crippen LogP contribution in [0.4, 0.5) is 0 Å². The predicted molar refractivity (Wildman–Crippen MR) is 67.0 cm³/mol. The van der Waals surface area contributed by atoms with Crippen molar-refractivity contribution in [2.45, 2.75) is 59.7 Å². The van der Waals surface area contributed by atoms with Crippen molar-refractivity contribution in [2.75, 3.05) is 6.54 Å². The molecule has 1 rings (SSSR count). The summed E-state index contributed by atoms with van der Waals surface area (Å²) >= 11 is 0. The van der Waals surface area contributed by atoms with Crippen LogP contribution in [0.2, 0.25) is 0 Å². The molecule has 0 aromatic carbocycles. The summed E-state index contributed by atoms with van der Waals surface area (Å²) < 4.78 is 0. The molecule has 0 aromatic rings. The van der Waals surface area contributed by atoms with Gasteiger partial charge >= 0.3 is 0 Å².